The van der Waals surface area contributed by atoms with E-state index in [1.54, 1.807) is 6.20 Å². The van der Waals surface area contributed by atoms with Crippen molar-refractivity contribution in [2.45, 2.75) is 51.1 Å². The number of nitrogens with zero attached hydrogens (tertiary/aromatic N) is 3. The lowest BCUT2D eigenvalue weighted by Crippen LogP contribution is -2.33. The van der Waals surface area contributed by atoms with Crippen LogP contribution in [0.4, 0.5) is 5.69 Å². The van der Waals surface area contributed by atoms with E-state index in [4.69, 9.17) is 0 Å². The Bertz CT molecular complexity index is 703. The van der Waals surface area contributed by atoms with Gasteiger partial charge in [-0.05, 0) is 31.5 Å². The predicted molar refractivity (Wildman–Crippen MR) is 100 cm³/mol. The first kappa shape index (κ1) is 17.7. The van der Waals surface area contributed by atoms with E-state index in [2.05, 4.69) is 28.3 Å². The predicted octanol–water partition coefficient (Wildman–Crippen LogP) is 3.37. The summed E-state index contributed by atoms with van der Waals surface area (Å²) >= 11 is 0. The molecule has 0 atom stereocenters. The molecular formula is C20H28N4O. The lowest BCUT2D eigenvalue weighted by molar-refractivity contribution is -0.115. The molecule has 0 spiro atoms. The minimum atomic E-state index is -0.0259. The number of carbonyl (C=O) groups is 1. The molecule has 25 heavy (non-hydrogen) atoms. The van der Waals surface area contributed by atoms with Gasteiger partial charge in [0.1, 0.15) is 5.82 Å². The second-order valence-corrected chi connectivity index (χ2v) is 7.04. The molecule has 0 bridgehead atoms. The number of para-hydroxylation sites is 1. The number of hydrogen-bond acceptors (Lipinski definition) is 3. The number of imidazole rings is 1. The van der Waals surface area contributed by atoms with Crippen LogP contribution in [0.25, 0.3) is 0 Å². The smallest absolute Gasteiger partial charge is 0.231 e. The van der Waals surface area contributed by atoms with Crippen molar-refractivity contribution in [2.24, 2.45) is 7.05 Å². The van der Waals surface area contributed by atoms with Crippen LogP contribution in [0.3, 0.4) is 0 Å². The first-order valence-corrected chi connectivity index (χ1v) is 9.17. The van der Waals surface area contributed by atoms with Crippen molar-refractivity contribution in [1.29, 1.82) is 0 Å². The van der Waals surface area contributed by atoms with Crippen molar-refractivity contribution < 1.29 is 4.79 Å². The highest BCUT2D eigenvalue weighted by Crippen LogP contribution is 2.25. The van der Waals surface area contributed by atoms with E-state index in [0.717, 1.165) is 18.1 Å². The van der Waals surface area contributed by atoms with Crippen LogP contribution in [0.1, 0.15) is 43.5 Å². The Hall–Kier alpha value is -2.14. The standard InChI is InChI=1S/C20H28N4O/c1-23-13-12-21-19(23)14-20(25)22-18-11-7-6-8-16(18)15-24(2)17-9-4-3-5-10-17/h6-8,11-13,17H,3-5,9-10,14-15H2,1-2H3,(H,22,25). The zero-order valence-electron chi connectivity index (χ0n) is 15.2. The first-order chi connectivity index (χ1) is 12.1. The third-order valence-corrected chi connectivity index (χ3v) is 5.15. The second-order valence-electron chi connectivity index (χ2n) is 7.04. The van der Waals surface area contributed by atoms with E-state index in [0.29, 0.717) is 6.04 Å². The molecule has 1 saturated carbocycles. The lowest BCUT2D eigenvalue weighted by atomic mass is 9.94. The number of aromatic nitrogens is 2. The molecule has 0 aliphatic heterocycles. The Morgan fingerprint density at radius 1 is 1.28 bits per heavy atom. The summed E-state index contributed by atoms with van der Waals surface area (Å²) in [7, 11) is 4.10. The molecule has 2 aromatic rings. The number of amides is 1. The molecule has 0 radical (unpaired) electrons. The minimum absolute atomic E-state index is 0.0259. The first-order valence-electron chi connectivity index (χ1n) is 9.17. The Morgan fingerprint density at radius 3 is 2.76 bits per heavy atom. The highest BCUT2D eigenvalue weighted by Gasteiger charge is 2.19. The van der Waals surface area contributed by atoms with E-state index >= 15 is 0 Å². The summed E-state index contributed by atoms with van der Waals surface area (Å²) in [5.41, 5.74) is 2.08. The van der Waals surface area contributed by atoms with Gasteiger partial charge in [-0.3, -0.25) is 9.69 Å². The fraction of sp³-hybridized carbons (Fsp3) is 0.500. The topological polar surface area (TPSA) is 50.2 Å². The van der Waals surface area contributed by atoms with Gasteiger partial charge in [0.25, 0.3) is 0 Å². The molecule has 3 rings (SSSR count). The number of aryl methyl sites for hydroxylation is 1. The molecule has 5 heteroatoms. The van der Waals surface area contributed by atoms with Gasteiger partial charge in [-0.1, -0.05) is 37.5 Å². The van der Waals surface area contributed by atoms with Crippen LogP contribution in [-0.4, -0.2) is 33.4 Å². The van der Waals surface area contributed by atoms with Crippen LogP contribution >= 0.6 is 0 Å². The molecule has 5 nitrogen and oxygen atoms in total. The summed E-state index contributed by atoms with van der Waals surface area (Å²) in [5.74, 6) is 0.747. The van der Waals surface area contributed by atoms with E-state index in [9.17, 15) is 4.79 Å². The summed E-state index contributed by atoms with van der Waals surface area (Å²) in [6, 6.07) is 8.76. The third kappa shape index (κ3) is 4.69. The molecule has 1 aliphatic rings. The summed E-state index contributed by atoms with van der Waals surface area (Å²) in [6.07, 6.45) is 10.5. The van der Waals surface area contributed by atoms with E-state index in [-0.39, 0.29) is 12.3 Å². The third-order valence-electron chi connectivity index (χ3n) is 5.15. The number of nitrogens with one attached hydrogen (secondary N) is 1. The summed E-state index contributed by atoms with van der Waals surface area (Å²) in [5, 5.41) is 3.07. The van der Waals surface area contributed by atoms with Gasteiger partial charge in [-0.25, -0.2) is 4.98 Å². The summed E-state index contributed by atoms with van der Waals surface area (Å²) in [6.45, 7) is 0.865. The van der Waals surface area contributed by atoms with Crippen LogP contribution in [0.5, 0.6) is 0 Å². The molecule has 1 aromatic heterocycles. The molecule has 1 heterocycles. The molecule has 1 aliphatic carbocycles. The van der Waals surface area contributed by atoms with Crippen LogP contribution in [0, 0.1) is 0 Å². The Kier molecular flexibility index (Phi) is 5.87. The van der Waals surface area contributed by atoms with Gasteiger partial charge in [0.15, 0.2) is 0 Å². The summed E-state index contributed by atoms with van der Waals surface area (Å²) < 4.78 is 1.88. The average molecular weight is 340 g/mol. The van der Waals surface area contributed by atoms with Crippen LogP contribution < -0.4 is 5.32 Å². The fourth-order valence-corrected chi connectivity index (χ4v) is 3.60. The molecule has 1 amide bonds. The number of carbonyl (C=O) groups excluding carboxylic acids is 1. The van der Waals surface area contributed by atoms with Gasteiger partial charge >= 0.3 is 0 Å². The SMILES string of the molecule is CN(Cc1ccccc1NC(=O)Cc1nccn1C)C1CCCCC1. The monoisotopic (exact) mass is 340 g/mol. The van der Waals surface area contributed by atoms with Crippen molar-refractivity contribution in [1.82, 2.24) is 14.5 Å². The van der Waals surface area contributed by atoms with Crippen molar-refractivity contribution >= 4 is 11.6 Å². The second kappa shape index (κ2) is 8.30. The van der Waals surface area contributed by atoms with Crippen molar-refractivity contribution in [3.05, 3.63) is 48.0 Å². The molecule has 1 aromatic carbocycles. The molecule has 1 N–H and O–H groups in total. The van der Waals surface area contributed by atoms with Gasteiger partial charge < -0.3 is 9.88 Å². The maximum absolute atomic E-state index is 12.4. The van der Waals surface area contributed by atoms with Gasteiger partial charge in [0.2, 0.25) is 5.91 Å². The zero-order valence-corrected chi connectivity index (χ0v) is 15.2. The molecule has 1 fully saturated rings. The van der Waals surface area contributed by atoms with Gasteiger partial charge in [0, 0.05) is 37.7 Å². The Balaban J connectivity index is 1.64. The van der Waals surface area contributed by atoms with Crippen LogP contribution in [-0.2, 0) is 24.8 Å². The Morgan fingerprint density at radius 2 is 2.04 bits per heavy atom. The highest BCUT2D eigenvalue weighted by molar-refractivity contribution is 5.92. The number of anilines is 1. The maximum Gasteiger partial charge on any atom is 0.231 e. The van der Waals surface area contributed by atoms with Gasteiger partial charge in [-0.15, -0.1) is 0 Å². The maximum atomic E-state index is 12.4. The summed E-state index contributed by atoms with van der Waals surface area (Å²) in [4.78, 5) is 19.1. The normalized spacial score (nSPS) is 15.5. The molecule has 0 saturated heterocycles. The highest BCUT2D eigenvalue weighted by atomic mass is 16.1. The number of hydrogen-bond donors (Lipinski definition) is 1. The van der Waals surface area contributed by atoms with Gasteiger partial charge in [-0.2, -0.15) is 0 Å². The van der Waals surface area contributed by atoms with E-state index < -0.39 is 0 Å². The van der Waals surface area contributed by atoms with Crippen LogP contribution in [0.15, 0.2) is 36.7 Å². The zero-order chi connectivity index (χ0) is 17.6. The van der Waals surface area contributed by atoms with Gasteiger partial charge in [0.05, 0.1) is 6.42 Å². The molecule has 134 valence electrons. The average Bonchev–Trinajstić information content (AvgIpc) is 3.02. The van der Waals surface area contributed by atoms with Crippen molar-refractivity contribution in [2.75, 3.05) is 12.4 Å². The molecule has 0 unspecified atom stereocenters. The van der Waals surface area contributed by atoms with E-state index in [1.165, 1.54) is 37.7 Å². The largest absolute Gasteiger partial charge is 0.338 e. The molecular weight excluding hydrogens is 312 g/mol. The quantitative estimate of drug-likeness (QED) is 0.877. The number of benzene rings is 1. The minimum Gasteiger partial charge on any atom is -0.338 e. The van der Waals surface area contributed by atoms with Crippen molar-refractivity contribution in [3.8, 4) is 0 Å². The Labute approximate surface area is 150 Å². The fourth-order valence-electron chi connectivity index (χ4n) is 3.60. The van der Waals surface area contributed by atoms with Crippen LogP contribution in [0.2, 0.25) is 0 Å². The number of rotatable bonds is 6. The lowest BCUT2D eigenvalue weighted by Gasteiger charge is -2.31. The van der Waals surface area contributed by atoms with Crippen molar-refractivity contribution in [3.63, 3.8) is 0 Å². The van der Waals surface area contributed by atoms with E-state index in [1.807, 2.05) is 36.0 Å².